The lowest BCUT2D eigenvalue weighted by Gasteiger charge is -2.17. The summed E-state index contributed by atoms with van der Waals surface area (Å²) >= 11 is 0. The van der Waals surface area contributed by atoms with E-state index in [1.807, 2.05) is 0 Å². The van der Waals surface area contributed by atoms with Crippen LogP contribution in [0.2, 0.25) is 0 Å². The molecule has 1 unspecified atom stereocenters. The van der Waals surface area contributed by atoms with Gasteiger partial charge in [0, 0.05) is 6.61 Å². The van der Waals surface area contributed by atoms with E-state index in [-0.39, 0.29) is 23.3 Å². The average Bonchev–Trinajstić information content (AvgIpc) is 3.74. The third kappa shape index (κ3) is 4.65. The first-order valence-corrected chi connectivity index (χ1v) is 12.5. The summed E-state index contributed by atoms with van der Waals surface area (Å²) < 4.78 is 27.3. The normalized spacial score (nSPS) is 25.4. The van der Waals surface area contributed by atoms with Crippen LogP contribution >= 0.6 is 0 Å². The maximum Gasteiger partial charge on any atom is 0.256 e. The number of nitrogens with zero attached hydrogens (tertiary/aromatic N) is 7. The second-order valence-corrected chi connectivity index (χ2v) is 9.60. The zero-order valence-corrected chi connectivity index (χ0v) is 20.9. The molecule has 0 bridgehead atoms. The van der Waals surface area contributed by atoms with Crippen molar-refractivity contribution in [3.05, 3.63) is 53.9 Å². The Morgan fingerprint density at radius 1 is 1.23 bits per heavy atom. The largest absolute Gasteiger partial charge is 0.394 e. The first-order valence-electron chi connectivity index (χ1n) is 12.5. The Morgan fingerprint density at radius 3 is 2.70 bits per heavy atom. The molecule has 5 heterocycles. The molecule has 0 aliphatic carbocycles. The van der Waals surface area contributed by atoms with Crippen LogP contribution < -0.4 is 11.1 Å². The van der Waals surface area contributed by atoms with Crippen molar-refractivity contribution >= 4 is 22.9 Å². The van der Waals surface area contributed by atoms with E-state index < -0.39 is 48.8 Å². The third-order valence-electron chi connectivity index (χ3n) is 6.97. The van der Waals surface area contributed by atoms with E-state index in [0.29, 0.717) is 30.1 Å². The Hall–Kier alpha value is -4.09. The lowest BCUT2D eigenvalue weighted by Crippen LogP contribution is -2.33. The number of ether oxygens (including phenoxy) is 2. The van der Waals surface area contributed by atoms with Crippen LogP contribution in [0, 0.1) is 5.82 Å². The summed E-state index contributed by atoms with van der Waals surface area (Å²) in [6.45, 7) is 0.550. The van der Waals surface area contributed by atoms with Crippen LogP contribution in [-0.4, -0.2) is 99.9 Å². The van der Waals surface area contributed by atoms with E-state index in [1.165, 1.54) is 46.0 Å². The van der Waals surface area contributed by atoms with Gasteiger partial charge in [-0.15, -0.1) is 5.10 Å². The number of aliphatic hydroxyl groups excluding tert-OH is 3. The number of aliphatic hydroxyl groups is 3. The Bertz CT molecular complexity index is 1520. The molecule has 1 aromatic carbocycles. The fourth-order valence-electron chi connectivity index (χ4n) is 4.89. The number of nitrogens with one attached hydrogen (secondary N) is 1. The molecule has 0 spiro atoms. The molecule has 15 nitrogen and oxygen atoms in total. The maximum absolute atomic E-state index is 13.5. The molecule has 4 aromatic rings. The van der Waals surface area contributed by atoms with Gasteiger partial charge in [0.25, 0.3) is 5.95 Å². The summed E-state index contributed by atoms with van der Waals surface area (Å²) in [5.41, 5.74) is 6.87. The monoisotopic (exact) mass is 555 g/mol. The minimum atomic E-state index is -1.36. The highest BCUT2D eigenvalue weighted by Crippen LogP contribution is 2.33. The van der Waals surface area contributed by atoms with E-state index in [9.17, 15) is 24.5 Å². The highest BCUT2D eigenvalue weighted by molar-refractivity contribution is 5.85. The van der Waals surface area contributed by atoms with Crippen molar-refractivity contribution in [3.8, 4) is 5.95 Å². The predicted molar refractivity (Wildman–Crippen MR) is 134 cm³/mol. The molecule has 2 aliphatic heterocycles. The number of rotatable bonds is 8. The van der Waals surface area contributed by atoms with E-state index in [2.05, 4.69) is 30.6 Å². The van der Waals surface area contributed by atoms with Crippen molar-refractivity contribution in [1.29, 1.82) is 0 Å². The second kappa shape index (κ2) is 10.5. The van der Waals surface area contributed by atoms with E-state index in [0.717, 1.165) is 6.42 Å². The molecule has 210 valence electrons. The number of hydrogen-bond acceptors (Lipinski definition) is 12. The van der Waals surface area contributed by atoms with Crippen LogP contribution in [0.1, 0.15) is 29.8 Å². The number of carbonyl (C=O) groups excluding carboxylic acids is 1. The van der Waals surface area contributed by atoms with Gasteiger partial charge >= 0.3 is 0 Å². The number of benzene rings is 1. The summed E-state index contributed by atoms with van der Waals surface area (Å²) in [6, 6.07) is 5.27. The SMILES string of the molecule is NC(=O)C(c1ccc(F)cc1)c1cn(-c2nc(N[C@@H]3CCOC3)c3ncn([C@@H]4O[C@H](CO)[C@@H](O)[C@@H]4O)c3n2)nn1. The number of anilines is 1. The standard InChI is InChI=1S/C24H26FN9O6/c25-12-3-1-11(2-4-12)16(20(26)38)14-7-34(32-31-14)24-29-21(28-13-5-6-39-9-13)17-22(30-24)33(10-27-17)23-19(37)18(36)15(8-35)40-23/h1-4,7,10,13,15-16,18-19,23,35-37H,5-6,8-9H2,(H2,26,38)(H,28,29,30)/t13-,15-,16?,18-,19+,23-/m1/s1. The van der Waals surface area contributed by atoms with Crippen molar-refractivity contribution in [3.63, 3.8) is 0 Å². The Labute approximate surface area is 225 Å². The van der Waals surface area contributed by atoms with Crippen molar-refractivity contribution in [2.24, 2.45) is 5.73 Å². The number of hydrogen-bond donors (Lipinski definition) is 5. The van der Waals surface area contributed by atoms with Crippen molar-refractivity contribution < 1.29 is 34.0 Å². The van der Waals surface area contributed by atoms with Gasteiger partial charge in [-0.2, -0.15) is 14.6 Å². The van der Waals surface area contributed by atoms with Crippen molar-refractivity contribution in [2.45, 2.75) is 42.9 Å². The van der Waals surface area contributed by atoms with Gasteiger partial charge in [0.2, 0.25) is 5.91 Å². The summed E-state index contributed by atoms with van der Waals surface area (Å²) in [5.74, 6) is -1.78. The topological polar surface area (TPSA) is 209 Å². The maximum atomic E-state index is 13.5. The summed E-state index contributed by atoms with van der Waals surface area (Å²) in [5, 5.41) is 41.9. The Morgan fingerprint density at radius 2 is 2.02 bits per heavy atom. The van der Waals surface area contributed by atoms with Gasteiger partial charge in [-0.1, -0.05) is 17.3 Å². The van der Waals surface area contributed by atoms with Gasteiger partial charge in [-0.3, -0.25) is 9.36 Å². The molecule has 1 amide bonds. The van der Waals surface area contributed by atoms with Gasteiger partial charge in [0.1, 0.15) is 35.7 Å². The zero-order valence-electron chi connectivity index (χ0n) is 20.9. The van der Waals surface area contributed by atoms with Gasteiger partial charge in [-0.25, -0.2) is 9.37 Å². The molecule has 0 saturated carbocycles. The number of nitrogens with two attached hydrogens (primary N) is 1. The van der Waals surface area contributed by atoms with Crippen LogP contribution in [0.5, 0.6) is 0 Å². The number of primary amides is 1. The Balaban J connectivity index is 1.42. The molecule has 3 aromatic heterocycles. The minimum absolute atomic E-state index is 0.0449. The fourth-order valence-corrected chi connectivity index (χ4v) is 4.89. The fraction of sp³-hybridized carbons (Fsp3) is 0.417. The molecular weight excluding hydrogens is 529 g/mol. The highest BCUT2D eigenvalue weighted by atomic mass is 19.1. The lowest BCUT2D eigenvalue weighted by molar-refractivity contribution is -0.118. The van der Waals surface area contributed by atoms with Crippen molar-refractivity contribution in [1.82, 2.24) is 34.5 Å². The van der Waals surface area contributed by atoms with E-state index in [1.54, 1.807) is 0 Å². The zero-order chi connectivity index (χ0) is 28.0. The van der Waals surface area contributed by atoms with Gasteiger partial charge in [0.05, 0.1) is 31.8 Å². The number of carbonyl (C=O) groups is 1. The van der Waals surface area contributed by atoms with Gasteiger partial charge in [-0.05, 0) is 24.1 Å². The third-order valence-corrected chi connectivity index (χ3v) is 6.97. The molecule has 6 atom stereocenters. The highest BCUT2D eigenvalue weighted by Gasteiger charge is 2.44. The van der Waals surface area contributed by atoms with Gasteiger partial charge in [0.15, 0.2) is 23.2 Å². The molecular formula is C24H26FN9O6. The van der Waals surface area contributed by atoms with E-state index in [4.69, 9.17) is 15.2 Å². The number of aromatic nitrogens is 7. The quantitative estimate of drug-likeness (QED) is 0.177. The van der Waals surface area contributed by atoms with Crippen LogP contribution in [0.25, 0.3) is 17.1 Å². The van der Waals surface area contributed by atoms with Crippen LogP contribution in [0.3, 0.4) is 0 Å². The van der Waals surface area contributed by atoms with Crippen LogP contribution in [0.4, 0.5) is 10.2 Å². The number of halogens is 1. The van der Waals surface area contributed by atoms with Crippen LogP contribution in [0.15, 0.2) is 36.8 Å². The summed E-state index contributed by atoms with van der Waals surface area (Å²) in [7, 11) is 0. The molecule has 40 heavy (non-hydrogen) atoms. The summed E-state index contributed by atoms with van der Waals surface area (Å²) in [6.07, 6.45) is -1.20. The van der Waals surface area contributed by atoms with Gasteiger partial charge < -0.3 is 35.8 Å². The molecule has 2 saturated heterocycles. The summed E-state index contributed by atoms with van der Waals surface area (Å²) in [4.78, 5) is 25.9. The van der Waals surface area contributed by atoms with E-state index >= 15 is 0 Å². The Kier molecular flexibility index (Phi) is 6.85. The lowest BCUT2D eigenvalue weighted by atomic mass is 9.95. The molecule has 2 fully saturated rings. The predicted octanol–water partition coefficient (Wildman–Crippen LogP) is -1.02. The molecule has 6 rings (SSSR count). The van der Waals surface area contributed by atoms with Crippen molar-refractivity contribution in [2.75, 3.05) is 25.1 Å². The van der Waals surface area contributed by atoms with Crippen LogP contribution in [-0.2, 0) is 14.3 Å². The molecule has 6 N–H and O–H groups in total. The molecule has 0 radical (unpaired) electrons. The smallest absolute Gasteiger partial charge is 0.256 e. The number of fused-ring (bicyclic) bond motifs is 1. The molecule has 2 aliphatic rings. The minimum Gasteiger partial charge on any atom is -0.394 e. The molecule has 16 heteroatoms. The number of amides is 1. The average molecular weight is 556 g/mol. The number of imidazole rings is 1. The first kappa shape index (κ1) is 26.1. The first-order chi connectivity index (χ1) is 19.3. The second-order valence-electron chi connectivity index (χ2n) is 9.60.